The van der Waals surface area contributed by atoms with Crippen molar-refractivity contribution in [1.82, 2.24) is 9.62 Å². The molecular weight excluding hydrogens is 292 g/mol. The minimum atomic E-state index is -3.34. The number of nitrogens with one attached hydrogen (secondary N) is 1. The van der Waals surface area contributed by atoms with Crippen molar-refractivity contribution in [2.75, 3.05) is 6.54 Å². The predicted octanol–water partition coefficient (Wildman–Crippen LogP) is 2.81. The van der Waals surface area contributed by atoms with Gasteiger partial charge in [0.05, 0.1) is 0 Å². The first-order valence-electron chi connectivity index (χ1n) is 7.31. The quantitative estimate of drug-likeness (QED) is 0.802. The summed E-state index contributed by atoms with van der Waals surface area (Å²) >= 11 is 1.33. The Morgan fingerprint density at radius 3 is 2.70 bits per heavy atom. The standard InChI is InChI=1S/C14H24N2O2S2/c1-4-11(3)16(5-2)20(17,18)14-8-12(10-19-14)9-15-13-6-7-13/h8,10-11,13,15H,4-7,9H2,1-3H3. The molecule has 114 valence electrons. The van der Waals surface area contributed by atoms with Crippen LogP contribution < -0.4 is 5.32 Å². The van der Waals surface area contributed by atoms with Crippen molar-refractivity contribution in [3.8, 4) is 0 Å². The van der Waals surface area contributed by atoms with E-state index < -0.39 is 10.0 Å². The molecule has 1 aromatic rings. The van der Waals surface area contributed by atoms with Gasteiger partial charge in [-0.05, 0) is 43.2 Å². The number of hydrogen-bond acceptors (Lipinski definition) is 4. The Kier molecular flexibility index (Phi) is 5.23. The SMILES string of the molecule is CCC(C)N(CC)S(=O)(=O)c1cc(CNC2CC2)cs1. The third-order valence-electron chi connectivity index (χ3n) is 3.76. The lowest BCUT2D eigenvalue weighted by molar-refractivity contribution is 0.343. The average Bonchev–Trinajstić information content (AvgIpc) is 3.12. The molecule has 0 saturated heterocycles. The summed E-state index contributed by atoms with van der Waals surface area (Å²) in [4.78, 5) is 0. The molecule has 1 atom stereocenters. The Hall–Kier alpha value is -0.430. The first-order chi connectivity index (χ1) is 9.48. The lowest BCUT2D eigenvalue weighted by Crippen LogP contribution is -2.37. The van der Waals surface area contributed by atoms with E-state index in [0.29, 0.717) is 16.8 Å². The van der Waals surface area contributed by atoms with Crippen molar-refractivity contribution < 1.29 is 8.42 Å². The van der Waals surface area contributed by atoms with E-state index in [1.54, 1.807) is 4.31 Å². The molecule has 6 heteroatoms. The van der Waals surface area contributed by atoms with E-state index in [1.165, 1.54) is 24.2 Å². The van der Waals surface area contributed by atoms with E-state index in [-0.39, 0.29) is 6.04 Å². The second-order valence-electron chi connectivity index (χ2n) is 5.39. The molecule has 2 rings (SSSR count). The Morgan fingerprint density at radius 1 is 1.45 bits per heavy atom. The first-order valence-corrected chi connectivity index (χ1v) is 9.63. The summed E-state index contributed by atoms with van der Waals surface area (Å²) in [5.74, 6) is 0. The van der Waals surface area contributed by atoms with E-state index in [0.717, 1.165) is 18.5 Å². The van der Waals surface area contributed by atoms with Gasteiger partial charge < -0.3 is 5.32 Å². The highest BCUT2D eigenvalue weighted by molar-refractivity contribution is 7.91. The fraction of sp³-hybridized carbons (Fsp3) is 0.714. The summed E-state index contributed by atoms with van der Waals surface area (Å²) in [7, 11) is -3.34. The summed E-state index contributed by atoms with van der Waals surface area (Å²) in [5, 5.41) is 5.36. The Bertz CT molecular complexity index is 535. The molecular formula is C14H24N2O2S2. The zero-order valence-electron chi connectivity index (χ0n) is 12.4. The number of sulfonamides is 1. The summed E-state index contributed by atoms with van der Waals surface area (Å²) in [6.07, 6.45) is 3.31. The van der Waals surface area contributed by atoms with E-state index in [1.807, 2.05) is 32.2 Å². The number of thiophene rings is 1. The van der Waals surface area contributed by atoms with Gasteiger partial charge in [0.2, 0.25) is 0 Å². The molecule has 0 bridgehead atoms. The first kappa shape index (κ1) is 15.9. The van der Waals surface area contributed by atoms with Crippen LogP contribution in [0.3, 0.4) is 0 Å². The second kappa shape index (κ2) is 6.56. The lowest BCUT2D eigenvalue weighted by Gasteiger charge is -2.25. The molecule has 1 heterocycles. The van der Waals surface area contributed by atoms with Crippen LogP contribution in [0, 0.1) is 0 Å². The van der Waals surface area contributed by atoms with Gasteiger partial charge >= 0.3 is 0 Å². The van der Waals surface area contributed by atoms with Crippen LogP contribution in [0.1, 0.15) is 45.6 Å². The number of nitrogens with zero attached hydrogens (tertiary/aromatic N) is 1. The van der Waals surface area contributed by atoms with Gasteiger partial charge in [0.25, 0.3) is 10.0 Å². The third-order valence-corrected chi connectivity index (χ3v) is 7.31. The van der Waals surface area contributed by atoms with Gasteiger partial charge in [-0.3, -0.25) is 0 Å². The molecule has 1 N–H and O–H groups in total. The smallest absolute Gasteiger partial charge is 0.252 e. The molecule has 20 heavy (non-hydrogen) atoms. The summed E-state index contributed by atoms with van der Waals surface area (Å²) in [6, 6.07) is 2.50. The lowest BCUT2D eigenvalue weighted by atomic mass is 10.3. The zero-order chi connectivity index (χ0) is 14.8. The summed E-state index contributed by atoms with van der Waals surface area (Å²) < 4.78 is 27.3. The molecule has 0 aromatic carbocycles. The molecule has 1 fully saturated rings. The topological polar surface area (TPSA) is 49.4 Å². The van der Waals surface area contributed by atoms with Gasteiger partial charge in [-0.2, -0.15) is 4.31 Å². The molecule has 1 aromatic heterocycles. The van der Waals surface area contributed by atoms with Crippen molar-refractivity contribution in [2.24, 2.45) is 0 Å². The van der Waals surface area contributed by atoms with Gasteiger partial charge in [0.15, 0.2) is 0 Å². The van der Waals surface area contributed by atoms with E-state index in [4.69, 9.17) is 0 Å². The van der Waals surface area contributed by atoms with Crippen molar-refractivity contribution >= 4 is 21.4 Å². The molecule has 0 radical (unpaired) electrons. The Balaban J connectivity index is 2.11. The summed E-state index contributed by atoms with van der Waals surface area (Å²) in [5.41, 5.74) is 1.07. The van der Waals surface area contributed by atoms with Crippen LogP contribution in [-0.4, -0.2) is 31.4 Å². The highest BCUT2D eigenvalue weighted by Crippen LogP contribution is 2.26. The normalized spacial score (nSPS) is 17.6. The van der Waals surface area contributed by atoms with Crippen LogP contribution in [0.2, 0.25) is 0 Å². The fourth-order valence-corrected chi connectivity index (χ4v) is 5.22. The van der Waals surface area contributed by atoms with Crippen LogP contribution in [0.15, 0.2) is 15.7 Å². The largest absolute Gasteiger partial charge is 0.310 e. The van der Waals surface area contributed by atoms with Crippen LogP contribution >= 0.6 is 11.3 Å². The zero-order valence-corrected chi connectivity index (χ0v) is 14.1. The molecule has 4 nitrogen and oxygen atoms in total. The molecule has 0 spiro atoms. The van der Waals surface area contributed by atoms with Gasteiger partial charge in [0.1, 0.15) is 4.21 Å². The molecule has 1 unspecified atom stereocenters. The average molecular weight is 316 g/mol. The van der Waals surface area contributed by atoms with E-state index >= 15 is 0 Å². The van der Waals surface area contributed by atoms with Crippen molar-refractivity contribution in [1.29, 1.82) is 0 Å². The maximum absolute atomic E-state index is 12.6. The van der Waals surface area contributed by atoms with Crippen LogP contribution in [0.25, 0.3) is 0 Å². The van der Waals surface area contributed by atoms with Gasteiger partial charge in [-0.25, -0.2) is 8.42 Å². The van der Waals surface area contributed by atoms with Crippen LogP contribution in [0.4, 0.5) is 0 Å². The molecule has 1 saturated carbocycles. The predicted molar refractivity (Wildman–Crippen MR) is 83.5 cm³/mol. The minimum Gasteiger partial charge on any atom is -0.310 e. The highest BCUT2D eigenvalue weighted by atomic mass is 32.2. The van der Waals surface area contributed by atoms with Gasteiger partial charge in [0, 0.05) is 25.2 Å². The van der Waals surface area contributed by atoms with E-state index in [2.05, 4.69) is 5.32 Å². The molecule has 1 aliphatic carbocycles. The van der Waals surface area contributed by atoms with Gasteiger partial charge in [-0.15, -0.1) is 11.3 Å². The third kappa shape index (κ3) is 3.61. The highest BCUT2D eigenvalue weighted by Gasteiger charge is 2.28. The van der Waals surface area contributed by atoms with Crippen molar-refractivity contribution in [3.63, 3.8) is 0 Å². The number of rotatable bonds is 8. The summed E-state index contributed by atoms with van der Waals surface area (Å²) in [6.45, 7) is 7.16. The fourth-order valence-electron chi connectivity index (χ4n) is 2.17. The van der Waals surface area contributed by atoms with Crippen molar-refractivity contribution in [3.05, 3.63) is 17.0 Å². The van der Waals surface area contributed by atoms with Crippen molar-refractivity contribution in [2.45, 2.75) is 62.9 Å². The maximum atomic E-state index is 12.6. The molecule has 0 aliphatic heterocycles. The number of hydrogen-bond donors (Lipinski definition) is 1. The Labute approximate surface area is 126 Å². The maximum Gasteiger partial charge on any atom is 0.252 e. The van der Waals surface area contributed by atoms with Crippen LogP contribution in [0.5, 0.6) is 0 Å². The molecule has 0 amide bonds. The minimum absolute atomic E-state index is 0.0418. The van der Waals surface area contributed by atoms with Crippen LogP contribution in [-0.2, 0) is 16.6 Å². The molecule has 1 aliphatic rings. The second-order valence-corrected chi connectivity index (χ2v) is 8.42. The Morgan fingerprint density at radius 2 is 2.15 bits per heavy atom. The monoisotopic (exact) mass is 316 g/mol. The van der Waals surface area contributed by atoms with E-state index in [9.17, 15) is 8.42 Å². The van der Waals surface area contributed by atoms with Gasteiger partial charge in [-0.1, -0.05) is 13.8 Å².